The molecule has 0 spiro atoms. The Morgan fingerprint density at radius 3 is 2.46 bits per heavy atom. The highest BCUT2D eigenvalue weighted by Gasteiger charge is 2.34. The standard InChI is InChI=1S/C17H23F3N2O.ClH/c1-2-11-22(14-7-9-21-10-8-14)16(23)12-13-5-3-4-6-15(13)17(18,19)20;/h3-6,14,21H,2,7-12H2,1H3;1H. The molecule has 3 nitrogen and oxygen atoms in total. The zero-order chi connectivity index (χ0) is 16.9. The number of hydrogen-bond acceptors (Lipinski definition) is 2. The smallest absolute Gasteiger partial charge is 0.339 e. The summed E-state index contributed by atoms with van der Waals surface area (Å²) in [6, 6.07) is 5.46. The van der Waals surface area contributed by atoms with Gasteiger partial charge in [0.15, 0.2) is 0 Å². The van der Waals surface area contributed by atoms with Crippen molar-refractivity contribution in [2.24, 2.45) is 0 Å². The summed E-state index contributed by atoms with van der Waals surface area (Å²) in [5, 5.41) is 3.24. The summed E-state index contributed by atoms with van der Waals surface area (Å²) >= 11 is 0. The van der Waals surface area contributed by atoms with Crippen LogP contribution in [0.25, 0.3) is 0 Å². The van der Waals surface area contributed by atoms with Crippen LogP contribution in [0, 0.1) is 0 Å². The molecule has 1 fully saturated rings. The maximum atomic E-state index is 13.1. The summed E-state index contributed by atoms with van der Waals surface area (Å²) in [5.74, 6) is -0.213. The molecule has 0 saturated carbocycles. The third kappa shape index (κ3) is 5.38. The van der Waals surface area contributed by atoms with Gasteiger partial charge in [0, 0.05) is 12.6 Å². The van der Waals surface area contributed by atoms with Crippen molar-refractivity contribution in [3.8, 4) is 0 Å². The van der Waals surface area contributed by atoms with Crippen LogP contribution in [-0.2, 0) is 17.4 Å². The highest BCUT2D eigenvalue weighted by atomic mass is 35.5. The number of carbonyl (C=O) groups is 1. The number of rotatable bonds is 5. The maximum Gasteiger partial charge on any atom is 0.416 e. The van der Waals surface area contributed by atoms with E-state index < -0.39 is 11.7 Å². The van der Waals surface area contributed by atoms with Crippen LogP contribution in [-0.4, -0.2) is 36.5 Å². The van der Waals surface area contributed by atoms with Gasteiger partial charge in [-0.25, -0.2) is 0 Å². The van der Waals surface area contributed by atoms with E-state index in [0.717, 1.165) is 38.4 Å². The largest absolute Gasteiger partial charge is 0.416 e. The van der Waals surface area contributed by atoms with Crippen molar-refractivity contribution in [2.45, 2.75) is 44.8 Å². The van der Waals surface area contributed by atoms with Crippen LogP contribution < -0.4 is 5.32 Å². The van der Waals surface area contributed by atoms with Crippen LogP contribution in [0.4, 0.5) is 13.2 Å². The minimum absolute atomic E-state index is 0. The molecule has 0 aromatic heterocycles. The molecule has 136 valence electrons. The van der Waals surface area contributed by atoms with Gasteiger partial charge in [0.05, 0.1) is 12.0 Å². The van der Waals surface area contributed by atoms with Crippen molar-refractivity contribution in [1.82, 2.24) is 10.2 Å². The molecule has 1 aromatic carbocycles. The lowest BCUT2D eigenvalue weighted by molar-refractivity contribution is -0.139. The van der Waals surface area contributed by atoms with Crippen molar-refractivity contribution in [1.29, 1.82) is 0 Å². The van der Waals surface area contributed by atoms with Crippen molar-refractivity contribution >= 4 is 18.3 Å². The number of benzene rings is 1. The Balaban J connectivity index is 0.00000288. The normalized spacial score (nSPS) is 15.7. The van der Waals surface area contributed by atoms with Gasteiger partial charge < -0.3 is 10.2 Å². The van der Waals surface area contributed by atoms with Crippen LogP contribution in [0.1, 0.15) is 37.3 Å². The van der Waals surface area contributed by atoms with Crippen LogP contribution in [0.5, 0.6) is 0 Å². The molecule has 1 saturated heterocycles. The van der Waals surface area contributed by atoms with Gasteiger partial charge in [-0.15, -0.1) is 12.4 Å². The third-order valence-corrected chi connectivity index (χ3v) is 4.20. The molecule has 0 radical (unpaired) electrons. The fourth-order valence-electron chi connectivity index (χ4n) is 3.09. The lowest BCUT2D eigenvalue weighted by Gasteiger charge is -2.35. The molecule has 0 bridgehead atoms. The second-order valence-electron chi connectivity index (χ2n) is 5.90. The number of hydrogen-bond donors (Lipinski definition) is 1. The average molecular weight is 365 g/mol. The molecule has 0 unspecified atom stereocenters. The van der Waals surface area contributed by atoms with Gasteiger partial charge in [0.1, 0.15) is 0 Å². The maximum absolute atomic E-state index is 13.1. The Hall–Kier alpha value is -1.27. The second kappa shape index (κ2) is 9.28. The zero-order valence-electron chi connectivity index (χ0n) is 13.7. The summed E-state index contributed by atoms with van der Waals surface area (Å²) in [6.07, 6.45) is -2.11. The van der Waals surface area contributed by atoms with E-state index in [9.17, 15) is 18.0 Å². The summed E-state index contributed by atoms with van der Waals surface area (Å²) in [6.45, 7) is 4.26. The van der Waals surface area contributed by atoms with Crippen molar-refractivity contribution in [3.63, 3.8) is 0 Å². The van der Waals surface area contributed by atoms with Crippen LogP contribution in [0.15, 0.2) is 24.3 Å². The van der Waals surface area contributed by atoms with Crippen LogP contribution in [0.2, 0.25) is 0 Å². The number of amides is 1. The van der Waals surface area contributed by atoms with E-state index >= 15 is 0 Å². The first-order valence-electron chi connectivity index (χ1n) is 8.08. The topological polar surface area (TPSA) is 32.3 Å². The Labute approximate surface area is 147 Å². The minimum Gasteiger partial charge on any atom is -0.339 e. The van der Waals surface area contributed by atoms with Crippen molar-refractivity contribution in [2.75, 3.05) is 19.6 Å². The Kier molecular flexibility index (Phi) is 8.03. The van der Waals surface area contributed by atoms with Gasteiger partial charge in [-0.2, -0.15) is 13.2 Å². The molecular weight excluding hydrogens is 341 g/mol. The lowest BCUT2D eigenvalue weighted by Crippen LogP contribution is -2.47. The van der Waals surface area contributed by atoms with Gasteiger partial charge in [0.25, 0.3) is 0 Å². The molecule has 7 heteroatoms. The van der Waals surface area contributed by atoms with E-state index in [-0.39, 0.29) is 36.3 Å². The predicted molar refractivity (Wildman–Crippen MR) is 90.3 cm³/mol. The first-order chi connectivity index (χ1) is 10.9. The Bertz CT molecular complexity index is 531. The first-order valence-corrected chi connectivity index (χ1v) is 8.08. The van der Waals surface area contributed by atoms with E-state index in [0.29, 0.717) is 6.54 Å². The van der Waals surface area contributed by atoms with Gasteiger partial charge >= 0.3 is 6.18 Å². The molecule has 1 amide bonds. The highest BCUT2D eigenvalue weighted by molar-refractivity contribution is 5.85. The number of nitrogens with zero attached hydrogens (tertiary/aromatic N) is 1. The number of carbonyl (C=O) groups excluding carboxylic acids is 1. The number of halogens is 4. The quantitative estimate of drug-likeness (QED) is 0.864. The minimum atomic E-state index is -4.43. The highest BCUT2D eigenvalue weighted by Crippen LogP contribution is 2.32. The van der Waals surface area contributed by atoms with Crippen LogP contribution >= 0.6 is 12.4 Å². The molecular formula is C17H24ClF3N2O. The van der Waals surface area contributed by atoms with Gasteiger partial charge in [0.2, 0.25) is 5.91 Å². The fourth-order valence-corrected chi connectivity index (χ4v) is 3.09. The van der Waals surface area contributed by atoms with E-state index in [1.54, 1.807) is 11.0 Å². The monoisotopic (exact) mass is 364 g/mol. The van der Waals surface area contributed by atoms with E-state index in [1.165, 1.54) is 12.1 Å². The van der Waals surface area contributed by atoms with E-state index in [2.05, 4.69) is 5.32 Å². The zero-order valence-corrected chi connectivity index (χ0v) is 14.6. The van der Waals surface area contributed by atoms with Gasteiger partial charge in [-0.1, -0.05) is 25.1 Å². The summed E-state index contributed by atoms with van der Waals surface area (Å²) in [5.41, 5.74) is -0.657. The number of piperidine rings is 1. The van der Waals surface area contributed by atoms with Crippen LogP contribution in [0.3, 0.4) is 0 Å². The number of nitrogens with one attached hydrogen (secondary N) is 1. The molecule has 1 aromatic rings. The lowest BCUT2D eigenvalue weighted by atomic mass is 10.0. The molecule has 1 aliphatic rings. The van der Waals surface area contributed by atoms with E-state index in [4.69, 9.17) is 0 Å². The van der Waals surface area contributed by atoms with Gasteiger partial charge in [-0.05, 0) is 44.0 Å². The predicted octanol–water partition coefficient (Wildman–Crippen LogP) is 3.66. The molecule has 2 rings (SSSR count). The molecule has 1 N–H and O–H groups in total. The summed E-state index contributed by atoms with van der Waals surface area (Å²) < 4.78 is 39.2. The Morgan fingerprint density at radius 2 is 1.88 bits per heavy atom. The molecule has 0 atom stereocenters. The van der Waals surface area contributed by atoms with Crippen molar-refractivity contribution in [3.05, 3.63) is 35.4 Å². The van der Waals surface area contributed by atoms with Crippen molar-refractivity contribution < 1.29 is 18.0 Å². The second-order valence-corrected chi connectivity index (χ2v) is 5.90. The molecule has 24 heavy (non-hydrogen) atoms. The molecule has 0 aliphatic carbocycles. The summed E-state index contributed by atoms with van der Waals surface area (Å²) in [4.78, 5) is 14.4. The van der Waals surface area contributed by atoms with Gasteiger partial charge in [-0.3, -0.25) is 4.79 Å². The first kappa shape index (κ1) is 20.8. The van der Waals surface area contributed by atoms with E-state index in [1.807, 2.05) is 6.92 Å². The molecule has 1 aliphatic heterocycles. The fraction of sp³-hybridized carbons (Fsp3) is 0.588. The Morgan fingerprint density at radius 1 is 1.25 bits per heavy atom. The third-order valence-electron chi connectivity index (χ3n) is 4.20. The average Bonchev–Trinajstić information content (AvgIpc) is 2.53. The molecule has 1 heterocycles. The summed E-state index contributed by atoms with van der Waals surface area (Å²) in [7, 11) is 0. The number of alkyl halides is 3. The SMILES string of the molecule is CCCN(C(=O)Cc1ccccc1C(F)(F)F)C1CCNCC1.Cl.